The second kappa shape index (κ2) is 17.7. The summed E-state index contributed by atoms with van der Waals surface area (Å²) in [5.74, 6) is -1.51. The molecule has 0 aromatic heterocycles. The van der Waals surface area contributed by atoms with Gasteiger partial charge in [-0.1, -0.05) is 68.5 Å². The fraction of sp³-hybridized carbons (Fsp3) is 0.471. The Kier molecular flexibility index (Phi) is 14.4. The molecule has 0 aliphatic carbocycles. The number of carboxylic acid groups (broad SMARTS) is 1. The van der Waals surface area contributed by atoms with Crippen molar-refractivity contribution in [2.24, 2.45) is 0 Å². The smallest absolute Gasteiger partial charge is 0.410 e. The Hall–Kier alpha value is -4.34. The van der Waals surface area contributed by atoms with Crippen LogP contribution in [0, 0.1) is 0 Å². The van der Waals surface area contributed by atoms with Crippen LogP contribution in [-0.4, -0.2) is 74.8 Å². The predicted molar refractivity (Wildman–Crippen MR) is 167 cm³/mol. The molecule has 1 heterocycles. The Labute approximate surface area is 260 Å². The van der Waals surface area contributed by atoms with Crippen molar-refractivity contribution in [1.82, 2.24) is 9.80 Å². The molecule has 0 saturated carbocycles. The predicted octanol–water partition coefficient (Wildman–Crippen LogP) is 5.72. The Morgan fingerprint density at radius 1 is 1.07 bits per heavy atom. The maximum atomic E-state index is 14.1. The molecule has 1 saturated heterocycles. The van der Waals surface area contributed by atoms with Crippen LogP contribution in [0.4, 0.5) is 4.79 Å². The molecule has 3 rings (SSSR count). The molecule has 1 aliphatic rings. The van der Waals surface area contributed by atoms with E-state index in [-0.39, 0.29) is 31.2 Å². The maximum Gasteiger partial charge on any atom is 0.410 e. The van der Waals surface area contributed by atoms with Gasteiger partial charge in [0.05, 0.1) is 0 Å². The zero-order valence-electron chi connectivity index (χ0n) is 26.2. The SMILES string of the molecule is C=CCOC(=O)[C@H](Cc1ccccc1)N(Cc1ccc(O)cc1)C(=O)C1CCCN1C(=O)OC(C)(C)C.CCCCC(=O)O. The first-order chi connectivity index (χ1) is 20.9. The summed E-state index contributed by atoms with van der Waals surface area (Å²) in [5, 5.41) is 17.8. The van der Waals surface area contributed by atoms with Crippen molar-refractivity contribution in [3.8, 4) is 5.75 Å². The molecule has 0 bridgehead atoms. The number of likely N-dealkylation sites (tertiary alicyclic amines) is 1. The highest BCUT2D eigenvalue weighted by molar-refractivity contribution is 5.90. The summed E-state index contributed by atoms with van der Waals surface area (Å²) < 4.78 is 11.0. The van der Waals surface area contributed by atoms with E-state index in [1.807, 2.05) is 37.3 Å². The molecule has 10 nitrogen and oxygen atoms in total. The van der Waals surface area contributed by atoms with Crippen molar-refractivity contribution < 1.29 is 38.9 Å². The van der Waals surface area contributed by atoms with Gasteiger partial charge in [-0.05, 0) is 63.3 Å². The van der Waals surface area contributed by atoms with Crippen molar-refractivity contribution in [1.29, 1.82) is 0 Å². The molecule has 10 heteroatoms. The fourth-order valence-electron chi connectivity index (χ4n) is 4.62. The van der Waals surface area contributed by atoms with E-state index in [0.717, 1.165) is 24.0 Å². The molecule has 1 aliphatic heterocycles. The van der Waals surface area contributed by atoms with Crippen LogP contribution in [0.5, 0.6) is 5.75 Å². The van der Waals surface area contributed by atoms with E-state index in [1.54, 1.807) is 32.9 Å². The molecular formula is C34H46N2O8. The zero-order valence-corrected chi connectivity index (χ0v) is 26.2. The minimum atomic E-state index is -0.940. The molecule has 0 radical (unpaired) electrons. The number of esters is 1. The minimum Gasteiger partial charge on any atom is -0.508 e. The lowest BCUT2D eigenvalue weighted by atomic mass is 10.0. The highest BCUT2D eigenvalue weighted by Crippen LogP contribution is 2.26. The van der Waals surface area contributed by atoms with Gasteiger partial charge in [0.2, 0.25) is 5.91 Å². The first-order valence-corrected chi connectivity index (χ1v) is 15.0. The van der Waals surface area contributed by atoms with Crippen molar-refractivity contribution in [3.05, 3.63) is 78.4 Å². The van der Waals surface area contributed by atoms with Crippen molar-refractivity contribution in [3.63, 3.8) is 0 Å². The number of amides is 2. The molecule has 1 unspecified atom stereocenters. The number of unbranched alkanes of at least 4 members (excludes halogenated alkanes) is 1. The quantitative estimate of drug-likeness (QED) is 0.230. The van der Waals surface area contributed by atoms with Gasteiger partial charge in [-0.25, -0.2) is 9.59 Å². The van der Waals surface area contributed by atoms with Crippen molar-refractivity contribution >= 4 is 23.9 Å². The highest BCUT2D eigenvalue weighted by atomic mass is 16.6. The van der Waals surface area contributed by atoms with Gasteiger partial charge in [0, 0.05) is 25.9 Å². The Bertz CT molecular complexity index is 1220. The van der Waals surface area contributed by atoms with Crippen LogP contribution < -0.4 is 0 Å². The molecule has 2 amide bonds. The van der Waals surface area contributed by atoms with E-state index < -0.39 is 35.7 Å². The summed E-state index contributed by atoms with van der Waals surface area (Å²) in [7, 11) is 0. The summed E-state index contributed by atoms with van der Waals surface area (Å²) in [6, 6.07) is 14.1. The average Bonchev–Trinajstić information content (AvgIpc) is 3.48. The van der Waals surface area contributed by atoms with Gasteiger partial charge in [0.25, 0.3) is 0 Å². The topological polar surface area (TPSA) is 134 Å². The van der Waals surface area contributed by atoms with Gasteiger partial charge in [-0.3, -0.25) is 14.5 Å². The number of phenols is 1. The van der Waals surface area contributed by atoms with Crippen LogP contribution in [0.1, 0.15) is 70.9 Å². The first-order valence-electron chi connectivity index (χ1n) is 15.0. The lowest BCUT2D eigenvalue weighted by molar-refractivity contribution is -0.156. The summed E-state index contributed by atoms with van der Waals surface area (Å²) in [6.45, 7) is 11.4. The Morgan fingerprint density at radius 2 is 1.73 bits per heavy atom. The van der Waals surface area contributed by atoms with Crippen molar-refractivity contribution in [2.45, 2.75) is 90.4 Å². The van der Waals surface area contributed by atoms with Crippen molar-refractivity contribution in [2.75, 3.05) is 13.2 Å². The van der Waals surface area contributed by atoms with Gasteiger partial charge < -0.3 is 24.6 Å². The second-order valence-electron chi connectivity index (χ2n) is 11.6. The number of hydrogen-bond donors (Lipinski definition) is 2. The van der Waals surface area contributed by atoms with Crippen LogP contribution in [-0.2, 0) is 36.8 Å². The van der Waals surface area contributed by atoms with Crippen LogP contribution in [0.2, 0.25) is 0 Å². The van der Waals surface area contributed by atoms with Crippen LogP contribution in [0.15, 0.2) is 67.3 Å². The molecule has 1 fully saturated rings. The van der Waals surface area contributed by atoms with Crippen LogP contribution in [0.25, 0.3) is 0 Å². The molecule has 2 aromatic carbocycles. The third kappa shape index (κ3) is 12.1. The number of carboxylic acids is 1. The largest absolute Gasteiger partial charge is 0.508 e. The Morgan fingerprint density at radius 3 is 2.27 bits per heavy atom. The average molecular weight is 611 g/mol. The number of hydrogen-bond acceptors (Lipinski definition) is 7. The Balaban J connectivity index is 0.000000860. The fourth-order valence-corrected chi connectivity index (χ4v) is 4.62. The van der Waals surface area contributed by atoms with E-state index >= 15 is 0 Å². The molecule has 0 spiro atoms. The van der Waals surface area contributed by atoms with E-state index in [1.165, 1.54) is 28.0 Å². The number of carbonyl (C=O) groups is 4. The molecule has 44 heavy (non-hydrogen) atoms. The third-order valence-electron chi connectivity index (χ3n) is 6.75. The van der Waals surface area contributed by atoms with Crippen LogP contribution in [0.3, 0.4) is 0 Å². The minimum absolute atomic E-state index is 0.0127. The van der Waals surface area contributed by atoms with E-state index in [0.29, 0.717) is 25.8 Å². The number of phenolic OH excluding ortho intramolecular Hbond substituents is 1. The number of aliphatic carboxylic acids is 1. The van der Waals surface area contributed by atoms with E-state index in [2.05, 4.69) is 6.58 Å². The normalized spacial score (nSPS) is 14.9. The molecule has 2 atom stereocenters. The summed E-state index contributed by atoms with van der Waals surface area (Å²) in [6.07, 6.45) is 4.35. The van der Waals surface area contributed by atoms with Crippen LogP contribution >= 0.6 is 0 Å². The molecule has 2 aromatic rings. The summed E-state index contributed by atoms with van der Waals surface area (Å²) in [5.41, 5.74) is 0.883. The number of ether oxygens (including phenoxy) is 2. The number of benzene rings is 2. The summed E-state index contributed by atoms with van der Waals surface area (Å²) in [4.78, 5) is 53.0. The van der Waals surface area contributed by atoms with E-state index in [4.69, 9.17) is 14.6 Å². The zero-order chi connectivity index (χ0) is 32.7. The highest BCUT2D eigenvalue weighted by Gasteiger charge is 2.42. The monoisotopic (exact) mass is 610 g/mol. The number of aromatic hydroxyl groups is 1. The molecular weight excluding hydrogens is 564 g/mol. The lowest BCUT2D eigenvalue weighted by Gasteiger charge is -2.35. The van der Waals surface area contributed by atoms with Gasteiger partial charge >= 0.3 is 18.0 Å². The van der Waals surface area contributed by atoms with Gasteiger partial charge in [-0.2, -0.15) is 0 Å². The van der Waals surface area contributed by atoms with Gasteiger partial charge in [0.15, 0.2) is 0 Å². The molecule has 240 valence electrons. The summed E-state index contributed by atoms with van der Waals surface area (Å²) >= 11 is 0. The second-order valence-corrected chi connectivity index (χ2v) is 11.6. The number of rotatable bonds is 12. The number of carbonyl (C=O) groups excluding carboxylic acids is 3. The standard InChI is InChI=1S/C29H36N2O6.C5H10O2/c1-5-18-36-27(34)25(19-21-10-7-6-8-11-21)31(20-22-13-15-23(32)16-14-22)26(33)24-12-9-17-30(24)28(35)37-29(2,3)4;1-2-3-4-5(6)7/h5-8,10-11,13-16,24-25,32H,1,9,12,17-20H2,2-4H3;2-4H2,1H3,(H,6,7)/t24?,25-;/m0./s1. The van der Waals surface area contributed by atoms with Gasteiger partial charge in [0.1, 0.15) is 30.0 Å². The lowest BCUT2D eigenvalue weighted by Crippen LogP contribution is -2.54. The molecule has 2 N–H and O–H groups in total. The third-order valence-corrected chi connectivity index (χ3v) is 6.75. The number of nitrogens with zero attached hydrogens (tertiary/aromatic N) is 2. The first kappa shape index (κ1) is 35.9. The maximum absolute atomic E-state index is 14.1. The van der Waals surface area contributed by atoms with Gasteiger partial charge in [-0.15, -0.1) is 0 Å². The van der Waals surface area contributed by atoms with E-state index in [9.17, 15) is 24.3 Å².